The summed E-state index contributed by atoms with van der Waals surface area (Å²) in [4.78, 5) is 4.95. The van der Waals surface area contributed by atoms with Gasteiger partial charge in [-0.3, -0.25) is 4.98 Å². The highest BCUT2D eigenvalue weighted by Gasteiger charge is 2.09. The van der Waals surface area contributed by atoms with Crippen LogP contribution in [0.25, 0.3) is 0 Å². The van der Waals surface area contributed by atoms with Gasteiger partial charge in [-0.25, -0.2) is 4.39 Å². The topological polar surface area (TPSA) is 33.1 Å². The number of benzene rings is 1. The molecule has 15 heavy (non-hydrogen) atoms. The summed E-state index contributed by atoms with van der Waals surface area (Å²) < 4.78 is 12.6. The molecule has 2 rings (SSSR count). The van der Waals surface area contributed by atoms with Gasteiger partial charge in [0, 0.05) is 17.5 Å². The monoisotopic (exact) mass is 223 g/mol. The molecule has 0 saturated carbocycles. The lowest BCUT2D eigenvalue weighted by Gasteiger charge is -2.08. The first-order chi connectivity index (χ1) is 7.25. The summed E-state index contributed by atoms with van der Waals surface area (Å²) in [7, 11) is 0. The first-order valence-electron chi connectivity index (χ1n) is 4.56. The Morgan fingerprint density at radius 1 is 1.33 bits per heavy atom. The molecule has 0 spiro atoms. The van der Waals surface area contributed by atoms with Gasteiger partial charge in [0.05, 0.1) is 11.6 Å². The van der Waals surface area contributed by atoms with Gasteiger partial charge in [0.1, 0.15) is 5.82 Å². The highest BCUT2D eigenvalue weighted by molar-refractivity contribution is 7.09. The lowest BCUT2D eigenvalue weighted by molar-refractivity contribution is 0.179. The smallest absolute Gasteiger partial charge is 0.123 e. The zero-order valence-electron chi connectivity index (χ0n) is 7.93. The Balaban J connectivity index is 2.08. The highest BCUT2D eigenvalue weighted by atomic mass is 32.1. The van der Waals surface area contributed by atoms with Crippen molar-refractivity contribution in [2.24, 2.45) is 0 Å². The van der Waals surface area contributed by atoms with E-state index in [1.54, 1.807) is 23.8 Å². The average molecular weight is 223 g/mol. The van der Waals surface area contributed by atoms with E-state index in [-0.39, 0.29) is 5.82 Å². The molecule has 0 fully saturated rings. The van der Waals surface area contributed by atoms with Crippen LogP contribution < -0.4 is 0 Å². The molecule has 0 radical (unpaired) electrons. The molecule has 0 aliphatic rings. The van der Waals surface area contributed by atoms with Crippen LogP contribution in [0.15, 0.2) is 36.0 Å². The largest absolute Gasteiger partial charge is 0.388 e. The minimum absolute atomic E-state index is 0.288. The second kappa shape index (κ2) is 4.51. The molecule has 2 aromatic rings. The Morgan fingerprint density at radius 2 is 2.07 bits per heavy atom. The Hall–Kier alpha value is -1.26. The molecule has 1 heterocycles. The zero-order chi connectivity index (χ0) is 10.7. The highest BCUT2D eigenvalue weighted by Crippen LogP contribution is 2.20. The van der Waals surface area contributed by atoms with Crippen molar-refractivity contribution in [1.29, 1.82) is 0 Å². The summed E-state index contributed by atoms with van der Waals surface area (Å²) >= 11 is 1.50. The van der Waals surface area contributed by atoms with E-state index >= 15 is 0 Å². The van der Waals surface area contributed by atoms with E-state index in [1.165, 1.54) is 23.5 Å². The molecule has 0 saturated heterocycles. The minimum Gasteiger partial charge on any atom is -0.388 e. The maximum Gasteiger partial charge on any atom is 0.123 e. The van der Waals surface area contributed by atoms with E-state index in [2.05, 4.69) is 4.98 Å². The maximum absolute atomic E-state index is 12.6. The summed E-state index contributed by atoms with van der Waals surface area (Å²) in [6, 6.07) is 5.90. The predicted octanol–water partition coefficient (Wildman–Crippen LogP) is 2.56. The number of nitrogens with zero attached hydrogens (tertiary/aromatic N) is 1. The van der Waals surface area contributed by atoms with E-state index in [4.69, 9.17) is 0 Å². The molecule has 2 nitrogen and oxygen atoms in total. The third kappa shape index (κ3) is 2.61. The van der Waals surface area contributed by atoms with Crippen molar-refractivity contribution in [3.8, 4) is 0 Å². The second-order valence-electron chi connectivity index (χ2n) is 3.24. The molecular formula is C11H10FNOS. The summed E-state index contributed by atoms with van der Waals surface area (Å²) in [6.07, 6.45) is 1.67. The van der Waals surface area contributed by atoms with Crippen LogP contribution in [0.5, 0.6) is 0 Å². The van der Waals surface area contributed by atoms with Crippen LogP contribution in [-0.4, -0.2) is 10.1 Å². The van der Waals surface area contributed by atoms with Gasteiger partial charge in [0.2, 0.25) is 0 Å². The van der Waals surface area contributed by atoms with E-state index in [1.807, 2.05) is 0 Å². The van der Waals surface area contributed by atoms with Crippen LogP contribution in [0.3, 0.4) is 0 Å². The number of thiazole rings is 1. The second-order valence-corrected chi connectivity index (χ2v) is 4.21. The molecule has 1 aromatic heterocycles. The fraction of sp³-hybridized carbons (Fsp3) is 0.182. The van der Waals surface area contributed by atoms with Crippen molar-refractivity contribution in [2.75, 3.05) is 0 Å². The van der Waals surface area contributed by atoms with Crippen molar-refractivity contribution in [2.45, 2.75) is 12.5 Å². The summed E-state index contributed by atoms with van der Waals surface area (Å²) in [6.45, 7) is 0. The molecule has 0 bridgehead atoms. The van der Waals surface area contributed by atoms with Gasteiger partial charge >= 0.3 is 0 Å². The van der Waals surface area contributed by atoms with Gasteiger partial charge in [-0.2, -0.15) is 0 Å². The van der Waals surface area contributed by atoms with Crippen LogP contribution in [0, 0.1) is 5.82 Å². The first kappa shape index (κ1) is 10.3. The summed E-state index contributed by atoms with van der Waals surface area (Å²) in [5.74, 6) is -0.288. The number of halogens is 1. The lowest BCUT2D eigenvalue weighted by Crippen LogP contribution is -2.00. The van der Waals surface area contributed by atoms with E-state index in [9.17, 15) is 9.50 Å². The van der Waals surface area contributed by atoms with Crippen LogP contribution in [0.1, 0.15) is 16.5 Å². The zero-order valence-corrected chi connectivity index (χ0v) is 8.75. The fourth-order valence-electron chi connectivity index (χ4n) is 1.34. The number of hydrogen-bond acceptors (Lipinski definition) is 3. The third-order valence-corrected chi connectivity index (χ3v) is 2.93. The number of rotatable bonds is 3. The van der Waals surface area contributed by atoms with Crippen molar-refractivity contribution in [1.82, 2.24) is 4.98 Å². The van der Waals surface area contributed by atoms with Crippen LogP contribution in [0.2, 0.25) is 0 Å². The molecule has 1 atom stereocenters. The van der Waals surface area contributed by atoms with Crippen molar-refractivity contribution in [3.05, 3.63) is 52.2 Å². The van der Waals surface area contributed by atoms with Crippen molar-refractivity contribution >= 4 is 11.3 Å². The van der Waals surface area contributed by atoms with Gasteiger partial charge in [-0.1, -0.05) is 12.1 Å². The van der Waals surface area contributed by atoms with Crippen LogP contribution in [0.4, 0.5) is 4.39 Å². The summed E-state index contributed by atoms with van der Waals surface area (Å²) in [5, 5.41) is 9.84. The van der Waals surface area contributed by atoms with E-state index in [0.29, 0.717) is 6.42 Å². The lowest BCUT2D eigenvalue weighted by atomic mass is 10.1. The molecule has 1 aromatic carbocycles. The Labute approximate surface area is 91.0 Å². The average Bonchev–Trinajstić information content (AvgIpc) is 2.71. The quantitative estimate of drug-likeness (QED) is 0.867. The molecule has 1 unspecified atom stereocenters. The van der Waals surface area contributed by atoms with Crippen LogP contribution >= 0.6 is 11.3 Å². The SMILES string of the molecule is OC(Cc1cncs1)c1ccc(F)cc1. The molecule has 78 valence electrons. The molecule has 0 amide bonds. The predicted molar refractivity (Wildman–Crippen MR) is 57.2 cm³/mol. The number of aromatic nitrogens is 1. The van der Waals surface area contributed by atoms with E-state index in [0.717, 1.165) is 10.4 Å². The minimum atomic E-state index is -0.592. The van der Waals surface area contributed by atoms with Crippen molar-refractivity contribution in [3.63, 3.8) is 0 Å². The number of hydrogen-bond donors (Lipinski definition) is 1. The molecule has 0 aliphatic heterocycles. The third-order valence-electron chi connectivity index (χ3n) is 2.13. The van der Waals surface area contributed by atoms with Crippen molar-refractivity contribution < 1.29 is 9.50 Å². The molecular weight excluding hydrogens is 213 g/mol. The number of aliphatic hydroxyl groups excluding tert-OH is 1. The Morgan fingerprint density at radius 3 is 2.67 bits per heavy atom. The molecule has 1 N–H and O–H groups in total. The summed E-state index contributed by atoms with van der Waals surface area (Å²) in [5.41, 5.74) is 2.46. The van der Waals surface area contributed by atoms with Gasteiger partial charge in [0.25, 0.3) is 0 Å². The maximum atomic E-state index is 12.6. The van der Waals surface area contributed by atoms with Gasteiger partial charge < -0.3 is 5.11 Å². The molecule has 0 aliphatic carbocycles. The Kier molecular flexibility index (Phi) is 3.08. The van der Waals surface area contributed by atoms with Crippen LogP contribution in [-0.2, 0) is 6.42 Å². The van der Waals surface area contributed by atoms with Gasteiger partial charge in [-0.15, -0.1) is 11.3 Å². The normalized spacial score (nSPS) is 12.7. The Bertz CT molecular complexity index is 413. The van der Waals surface area contributed by atoms with Gasteiger partial charge in [-0.05, 0) is 17.7 Å². The van der Waals surface area contributed by atoms with Gasteiger partial charge in [0.15, 0.2) is 0 Å². The first-order valence-corrected chi connectivity index (χ1v) is 5.44. The van der Waals surface area contributed by atoms with E-state index < -0.39 is 6.10 Å². The number of aliphatic hydroxyl groups is 1. The standard InChI is InChI=1S/C11H10FNOS/c12-9-3-1-8(2-4-9)11(14)5-10-6-13-7-15-10/h1-4,6-7,11,14H,5H2. The molecule has 4 heteroatoms. The fourth-order valence-corrected chi connectivity index (χ4v) is 1.97.